The van der Waals surface area contributed by atoms with Crippen LogP contribution < -0.4 is 5.32 Å². The lowest BCUT2D eigenvalue weighted by Crippen LogP contribution is -2.37. The minimum absolute atomic E-state index is 0.0555. The molecule has 0 bridgehead atoms. The highest BCUT2D eigenvalue weighted by Gasteiger charge is 2.32. The van der Waals surface area contributed by atoms with E-state index in [0.717, 1.165) is 0 Å². The van der Waals surface area contributed by atoms with Crippen molar-refractivity contribution in [2.24, 2.45) is 0 Å². The Hall–Kier alpha value is -1.92. The Morgan fingerprint density at radius 1 is 1.43 bits per heavy atom. The molecule has 2 aromatic rings. The van der Waals surface area contributed by atoms with Crippen molar-refractivity contribution in [1.29, 1.82) is 0 Å². The van der Waals surface area contributed by atoms with Crippen molar-refractivity contribution in [2.45, 2.75) is 18.6 Å². The van der Waals surface area contributed by atoms with Gasteiger partial charge in [0.2, 0.25) is 0 Å². The standard InChI is InChI=1S/C14H12ClFN2O3/c15-9-2-1-8(7-10(9)16)13-11(3-5-20-13)17-14(19)12-4-6-21-18-12/h1-2,4,6-7,11,13H,3,5H2,(H,17,19). The molecule has 0 spiro atoms. The van der Waals surface area contributed by atoms with E-state index in [1.54, 1.807) is 6.07 Å². The van der Waals surface area contributed by atoms with E-state index in [4.69, 9.17) is 16.3 Å². The molecule has 21 heavy (non-hydrogen) atoms. The Morgan fingerprint density at radius 2 is 2.29 bits per heavy atom. The minimum Gasteiger partial charge on any atom is -0.371 e. The highest BCUT2D eigenvalue weighted by atomic mass is 35.5. The number of nitrogens with one attached hydrogen (secondary N) is 1. The van der Waals surface area contributed by atoms with Crippen molar-refractivity contribution >= 4 is 17.5 Å². The summed E-state index contributed by atoms with van der Waals surface area (Å²) in [7, 11) is 0. The number of halogens is 2. The molecule has 110 valence electrons. The second-order valence-corrected chi connectivity index (χ2v) is 5.13. The van der Waals surface area contributed by atoms with Crippen LogP contribution in [0.25, 0.3) is 0 Å². The summed E-state index contributed by atoms with van der Waals surface area (Å²) in [5, 5.41) is 6.45. The molecule has 3 rings (SSSR count). The van der Waals surface area contributed by atoms with Gasteiger partial charge < -0.3 is 14.6 Å². The fraction of sp³-hybridized carbons (Fsp3) is 0.286. The summed E-state index contributed by atoms with van der Waals surface area (Å²) in [6.45, 7) is 0.485. The number of carbonyl (C=O) groups is 1. The maximum Gasteiger partial charge on any atom is 0.273 e. The normalized spacial score (nSPS) is 21.4. The van der Waals surface area contributed by atoms with Crippen LogP contribution >= 0.6 is 11.6 Å². The first-order chi connectivity index (χ1) is 10.1. The number of amides is 1. The SMILES string of the molecule is O=C(NC1CCOC1c1ccc(Cl)c(F)c1)c1ccon1. The third kappa shape index (κ3) is 2.91. The monoisotopic (exact) mass is 310 g/mol. The van der Waals surface area contributed by atoms with Crippen LogP contribution in [0.2, 0.25) is 5.02 Å². The molecule has 1 aliphatic heterocycles. The molecule has 1 aliphatic rings. The predicted octanol–water partition coefficient (Wildman–Crippen LogP) is 2.73. The summed E-state index contributed by atoms with van der Waals surface area (Å²) in [5.74, 6) is -0.857. The zero-order valence-electron chi connectivity index (χ0n) is 10.9. The molecule has 0 aliphatic carbocycles. The maximum absolute atomic E-state index is 13.5. The van der Waals surface area contributed by atoms with Crippen molar-refractivity contribution in [3.8, 4) is 0 Å². The Balaban J connectivity index is 1.76. The lowest BCUT2D eigenvalue weighted by atomic mass is 10.0. The van der Waals surface area contributed by atoms with E-state index < -0.39 is 11.9 Å². The third-order valence-corrected chi connectivity index (χ3v) is 3.66. The highest BCUT2D eigenvalue weighted by molar-refractivity contribution is 6.30. The lowest BCUT2D eigenvalue weighted by Gasteiger charge is -2.20. The van der Waals surface area contributed by atoms with Crippen molar-refractivity contribution in [2.75, 3.05) is 6.61 Å². The Labute approximate surface area is 125 Å². The Bertz CT molecular complexity index is 648. The van der Waals surface area contributed by atoms with Crippen LogP contribution in [0.15, 0.2) is 35.1 Å². The molecule has 0 radical (unpaired) electrons. The molecule has 2 heterocycles. The molecular weight excluding hydrogens is 299 g/mol. The molecule has 1 aromatic heterocycles. The second kappa shape index (κ2) is 5.83. The smallest absolute Gasteiger partial charge is 0.273 e. The van der Waals surface area contributed by atoms with Crippen LogP contribution in [0.3, 0.4) is 0 Å². The number of hydrogen-bond acceptors (Lipinski definition) is 4. The number of ether oxygens (including phenoxy) is 1. The summed E-state index contributed by atoms with van der Waals surface area (Å²) < 4.78 is 23.8. The van der Waals surface area contributed by atoms with Gasteiger partial charge in [-0.25, -0.2) is 4.39 Å². The first-order valence-electron chi connectivity index (χ1n) is 6.43. The molecule has 1 saturated heterocycles. The van der Waals surface area contributed by atoms with Crippen molar-refractivity contribution in [3.05, 3.63) is 52.6 Å². The van der Waals surface area contributed by atoms with Gasteiger partial charge >= 0.3 is 0 Å². The fourth-order valence-electron chi connectivity index (χ4n) is 2.33. The molecule has 2 unspecified atom stereocenters. The van der Waals surface area contributed by atoms with Gasteiger partial charge in [0.25, 0.3) is 5.91 Å². The molecule has 1 N–H and O–H groups in total. The number of hydrogen-bond donors (Lipinski definition) is 1. The number of benzene rings is 1. The molecule has 5 nitrogen and oxygen atoms in total. The lowest BCUT2D eigenvalue weighted by molar-refractivity contribution is 0.0814. The van der Waals surface area contributed by atoms with E-state index in [1.165, 1.54) is 24.5 Å². The average Bonchev–Trinajstić information content (AvgIpc) is 3.13. The summed E-state index contributed by atoms with van der Waals surface area (Å²) in [4.78, 5) is 12.0. The number of nitrogens with zero attached hydrogens (tertiary/aromatic N) is 1. The first kappa shape index (κ1) is 14.0. The van der Waals surface area contributed by atoms with E-state index in [9.17, 15) is 9.18 Å². The van der Waals surface area contributed by atoms with Crippen molar-refractivity contribution in [1.82, 2.24) is 10.5 Å². The number of carbonyl (C=O) groups excluding carboxylic acids is 1. The number of rotatable bonds is 3. The molecule has 2 atom stereocenters. The average molecular weight is 311 g/mol. The molecule has 1 amide bonds. The van der Waals surface area contributed by atoms with Gasteiger partial charge in [0.15, 0.2) is 5.69 Å². The van der Waals surface area contributed by atoms with E-state index in [-0.39, 0.29) is 22.7 Å². The fourth-order valence-corrected chi connectivity index (χ4v) is 2.44. The zero-order valence-corrected chi connectivity index (χ0v) is 11.6. The molecule has 1 fully saturated rings. The second-order valence-electron chi connectivity index (χ2n) is 4.72. The van der Waals surface area contributed by atoms with E-state index in [1.807, 2.05) is 0 Å². The van der Waals surface area contributed by atoms with Gasteiger partial charge in [-0.1, -0.05) is 22.8 Å². The van der Waals surface area contributed by atoms with E-state index >= 15 is 0 Å². The van der Waals surface area contributed by atoms with Crippen LogP contribution in [-0.4, -0.2) is 23.7 Å². The van der Waals surface area contributed by atoms with Gasteiger partial charge in [-0.05, 0) is 24.1 Å². The van der Waals surface area contributed by atoms with Crippen LogP contribution in [0.4, 0.5) is 4.39 Å². The van der Waals surface area contributed by atoms with Crippen LogP contribution in [0.1, 0.15) is 28.6 Å². The Morgan fingerprint density at radius 3 is 3.00 bits per heavy atom. The summed E-state index contributed by atoms with van der Waals surface area (Å²) >= 11 is 5.67. The molecule has 0 saturated carbocycles. The van der Waals surface area contributed by atoms with Gasteiger partial charge in [-0.15, -0.1) is 0 Å². The topological polar surface area (TPSA) is 64.4 Å². The van der Waals surface area contributed by atoms with E-state index in [0.29, 0.717) is 18.6 Å². The largest absolute Gasteiger partial charge is 0.371 e. The molecule has 7 heteroatoms. The van der Waals surface area contributed by atoms with E-state index in [2.05, 4.69) is 15.0 Å². The summed E-state index contributed by atoms with van der Waals surface area (Å²) in [6, 6.07) is 5.71. The van der Waals surface area contributed by atoms with Crippen molar-refractivity contribution in [3.63, 3.8) is 0 Å². The maximum atomic E-state index is 13.5. The quantitative estimate of drug-likeness (QED) is 0.946. The molecular formula is C14H12ClFN2O3. The van der Waals surface area contributed by atoms with Gasteiger partial charge in [0.1, 0.15) is 18.2 Å². The predicted molar refractivity (Wildman–Crippen MR) is 72.5 cm³/mol. The van der Waals surface area contributed by atoms with Gasteiger partial charge in [-0.2, -0.15) is 0 Å². The van der Waals surface area contributed by atoms with Gasteiger partial charge in [0.05, 0.1) is 11.1 Å². The first-order valence-corrected chi connectivity index (χ1v) is 6.81. The molecule has 1 aromatic carbocycles. The van der Waals surface area contributed by atoms with Crippen molar-refractivity contribution < 1.29 is 18.4 Å². The summed E-state index contributed by atoms with van der Waals surface area (Å²) in [6.07, 6.45) is 1.55. The number of aromatic nitrogens is 1. The highest BCUT2D eigenvalue weighted by Crippen LogP contribution is 2.31. The Kier molecular flexibility index (Phi) is 3.90. The van der Waals surface area contributed by atoms with Crippen LogP contribution in [0, 0.1) is 5.82 Å². The van der Waals surface area contributed by atoms with Crippen LogP contribution in [0.5, 0.6) is 0 Å². The minimum atomic E-state index is -0.508. The van der Waals surface area contributed by atoms with Gasteiger partial charge in [0, 0.05) is 12.7 Å². The zero-order chi connectivity index (χ0) is 14.8. The summed E-state index contributed by atoms with van der Waals surface area (Å²) in [5.41, 5.74) is 0.836. The third-order valence-electron chi connectivity index (χ3n) is 3.35. The van der Waals surface area contributed by atoms with Gasteiger partial charge in [-0.3, -0.25) is 4.79 Å². The van der Waals surface area contributed by atoms with Crippen LogP contribution in [-0.2, 0) is 4.74 Å².